The zero-order chi connectivity index (χ0) is 30.0. The van der Waals surface area contributed by atoms with Gasteiger partial charge in [0.05, 0.1) is 23.9 Å². The molecule has 0 saturated carbocycles. The molecule has 4 aromatic rings. The summed E-state index contributed by atoms with van der Waals surface area (Å²) < 4.78 is 11.0. The van der Waals surface area contributed by atoms with Gasteiger partial charge in [0, 0.05) is 16.1 Å². The van der Waals surface area contributed by atoms with Crippen LogP contribution in [0, 0.1) is 18.3 Å². The van der Waals surface area contributed by atoms with Crippen molar-refractivity contribution < 1.29 is 19.1 Å². The Morgan fingerprint density at radius 1 is 1.02 bits per heavy atom. The molecule has 1 N–H and O–H groups in total. The van der Waals surface area contributed by atoms with E-state index < -0.39 is 18.5 Å². The molecule has 42 heavy (non-hydrogen) atoms. The van der Waals surface area contributed by atoms with Crippen LogP contribution in [-0.2, 0) is 16.0 Å². The highest BCUT2D eigenvalue weighted by Gasteiger charge is 2.35. The summed E-state index contributed by atoms with van der Waals surface area (Å²) in [6.07, 6.45) is 3.65. The molecule has 0 spiro atoms. The van der Waals surface area contributed by atoms with Crippen molar-refractivity contribution in [2.45, 2.75) is 40.5 Å². The molecule has 1 aromatic heterocycles. The Kier molecular flexibility index (Phi) is 8.37. The highest BCUT2D eigenvalue weighted by atomic mass is 35.5. The molecule has 6 nitrogen and oxygen atoms in total. The third-order valence-electron chi connectivity index (χ3n) is 7.98. The first-order valence-corrected chi connectivity index (χ1v) is 14.4. The number of nitrogens with zero attached hydrogens (tertiary/aromatic N) is 1. The number of benzene rings is 3. The number of nitrogens with one attached hydrogen (secondary N) is 1. The third-order valence-corrected chi connectivity index (χ3v) is 8.39. The van der Waals surface area contributed by atoms with Gasteiger partial charge in [-0.05, 0) is 89.8 Å². The van der Waals surface area contributed by atoms with Gasteiger partial charge >= 0.3 is 5.97 Å². The van der Waals surface area contributed by atoms with E-state index in [1.807, 2.05) is 55.5 Å². The number of allylic oxidation sites excluding steroid dienone is 1. The van der Waals surface area contributed by atoms with Gasteiger partial charge in [0.25, 0.3) is 5.91 Å². The first kappa shape index (κ1) is 29.3. The molecule has 1 heterocycles. The maximum atomic E-state index is 13.8. The Hall–Kier alpha value is -4.16. The zero-order valence-corrected chi connectivity index (χ0v) is 25.3. The van der Waals surface area contributed by atoms with Gasteiger partial charge in [0.1, 0.15) is 5.75 Å². The van der Waals surface area contributed by atoms with E-state index in [1.54, 1.807) is 25.3 Å². The van der Waals surface area contributed by atoms with Crippen molar-refractivity contribution in [1.82, 2.24) is 4.98 Å². The van der Waals surface area contributed by atoms with Crippen molar-refractivity contribution in [2.24, 2.45) is 11.3 Å². The summed E-state index contributed by atoms with van der Waals surface area (Å²) in [7, 11) is 1.65. The first-order valence-electron chi connectivity index (χ1n) is 14.0. The minimum Gasteiger partial charge on any atom is -0.497 e. The molecule has 5 rings (SSSR count). The molecular formula is C35H35ClN2O4. The summed E-state index contributed by atoms with van der Waals surface area (Å²) in [5, 5.41) is 4.06. The van der Waals surface area contributed by atoms with E-state index >= 15 is 0 Å². The molecule has 0 fully saturated rings. The number of amides is 1. The van der Waals surface area contributed by atoms with Gasteiger partial charge in [-0.1, -0.05) is 68.8 Å². The van der Waals surface area contributed by atoms with E-state index in [0.29, 0.717) is 33.6 Å². The third kappa shape index (κ3) is 6.19. The Bertz CT molecular complexity index is 1690. The first-order chi connectivity index (χ1) is 20.0. The molecule has 1 aliphatic carbocycles. The van der Waals surface area contributed by atoms with Crippen molar-refractivity contribution in [2.75, 3.05) is 19.0 Å². The van der Waals surface area contributed by atoms with Gasteiger partial charge in [-0.15, -0.1) is 0 Å². The molecular weight excluding hydrogens is 548 g/mol. The number of aromatic nitrogens is 1. The standard InChI is InChI=1S/C35H35ClN2O4/c1-21-28(36)10-8-12-29(21)37-31(39)20-42-34(40)32-26-9-6-7-11-30(26)38-33-23(17-22-13-15-25(41-5)16-14-22)18-24(19-27(32)33)35(2,3)4/h6-17,24H,18-20H2,1-5H3,(H,37,39)/b23-17+. The van der Waals surface area contributed by atoms with E-state index in [9.17, 15) is 9.59 Å². The summed E-state index contributed by atoms with van der Waals surface area (Å²) in [5.41, 5.74) is 6.24. The van der Waals surface area contributed by atoms with Crippen molar-refractivity contribution in [3.8, 4) is 5.75 Å². The second-order valence-corrected chi connectivity index (χ2v) is 12.2. The average molecular weight is 583 g/mol. The molecule has 0 saturated heterocycles. The molecule has 1 amide bonds. The lowest BCUT2D eigenvalue weighted by atomic mass is 9.69. The number of rotatable bonds is 6. The molecule has 0 aliphatic heterocycles. The number of hydrogen-bond donors (Lipinski definition) is 1. The lowest BCUT2D eigenvalue weighted by Crippen LogP contribution is -2.29. The lowest BCUT2D eigenvalue weighted by Gasteiger charge is -2.36. The van der Waals surface area contributed by atoms with Crippen LogP contribution < -0.4 is 10.1 Å². The summed E-state index contributed by atoms with van der Waals surface area (Å²) in [5.74, 6) is 0.0744. The predicted octanol–water partition coefficient (Wildman–Crippen LogP) is 8.15. The molecule has 1 unspecified atom stereocenters. The van der Waals surface area contributed by atoms with Gasteiger partial charge in [0.2, 0.25) is 0 Å². The number of carbonyl (C=O) groups is 2. The van der Waals surface area contributed by atoms with Crippen molar-refractivity contribution in [3.05, 3.63) is 99.7 Å². The second-order valence-electron chi connectivity index (χ2n) is 11.8. The molecule has 1 aliphatic rings. The Balaban J connectivity index is 1.53. The molecule has 216 valence electrons. The largest absolute Gasteiger partial charge is 0.497 e. The van der Waals surface area contributed by atoms with Gasteiger partial charge in [-0.25, -0.2) is 9.78 Å². The van der Waals surface area contributed by atoms with Crippen LogP contribution in [0.2, 0.25) is 5.02 Å². The van der Waals surface area contributed by atoms with E-state index in [4.69, 9.17) is 26.1 Å². The zero-order valence-electron chi connectivity index (χ0n) is 24.6. The van der Waals surface area contributed by atoms with E-state index in [2.05, 4.69) is 32.2 Å². The number of ether oxygens (including phenoxy) is 2. The fraction of sp³-hybridized carbons (Fsp3) is 0.286. The van der Waals surface area contributed by atoms with Crippen LogP contribution in [0.1, 0.15) is 59.9 Å². The highest BCUT2D eigenvalue weighted by molar-refractivity contribution is 6.31. The molecule has 0 radical (unpaired) electrons. The number of pyridine rings is 1. The SMILES string of the molecule is COc1ccc(/C=C2\CC(C(C)(C)C)Cc3c2nc2ccccc2c3C(=O)OCC(=O)Nc2cccc(Cl)c2C)cc1. The van der Waals surface area contributed by atoms with E-state index in [1.165, 1.54) is 0 Å². The van der Waals surface area contributed by atoms with E-state index in [0.717, 1.165) is 40.1 Å². The van der Waals surface area contributed by atoms with Crippen LogP contribution in [0.4, 0.5) is 5.69 Å². The van der Waals surface area contributed by atoms with E-state index in [-0.39, 0.29) is 11.3 Å². The maximum Gasteiger partial charge on any atom is 0.339 e. The van der Waals surface area contributed by atoms with Gasteiger partial charge in [0.15, 0.2) is 6.61 Å². The molecule has 0 bridgehead atoms. The fourth-order valence-electron chi connectivity index (χ4n) is 5.40. The summed E-state index contributed by atoms with van der Waals surface area (Å²) >= 11 is 6.20. The van der Waals surface area contributed by atoms with Crippen LogP contribution in [0.3, 0.4) is 0 Å². The smallest absolute Gasteiger partial charge is 0.339 e. The summed E-state index contributed by atoms with van der Waals surface area (Å²) in [4.78, 5) is 31.7. The lowest BCUT2D eigenvalue weighted by molar-refractivity contribution is -0.119. The van der Waals surface area contributed by atoms with Crippen molar-refractivity contribution in [1.29, 1.82) is 0 Å². The highest BCUT2D eigenvalue weighted by Crippen LogP contribution is 2.45. The second kappa shape index (κ2) is 12.0. The van der Waals surface area contributed by atoms with Crippen LogP contribution >= 0.6 is 11.6 Å². The minimum atomic E-state index is -0.541. The van der Waals surface area contributed by atoms with Gasteiger partial charge in [-0.3, -0.25) is 4.79 Å². The minimum absolute atomic E-state index is 0.0157. The number of esters is 1. The number of hydrogen-bond acceptors (Lipinski definition) is 5. The van der Waals surface area contributed by atoms with Crippen LogP contribution in [0.25, 0.3) is 22.6 Å². The number of fused-ring (bicyclic) bond motifs is 2. The average Bonchev–Trinajstić information content (AvgIpc) is 2.97. The van der Waals surface area contributed by atoms with Gasteiger partial charge < -0.3 is 14.8 Å². The number of anilines is 1. The van der Waals surface area contributed by atoms with Gasteiger partial charge in [-0.2, -0.15) is 0 Å². The number of carbonyl (C=O) groups excluding carboxylic acids is 2. The number of halogens is 1. The fourth-order valence-corrected chi connectivity index (χ4v) is 5.58. The molecule has 3 aromatic carbocycles. The molecule has 7 heteroatoms. The van der Waals surface area contributed by atoms with Crippen molar-refractivity contribution in [3.63, 3.8) is 0 Å². The number of methoxy groups -OCH3 is 1. The normalized spacial score (nSPS) is 15.8. The quantitative estimate of drug-likeness (QED) is 0.232. The van der Waals surface area contributed by atoms with Crippen LogP contribution in [0.15, 0.2) is 66.7 Å². The number of para-hydroxylation sites is 1. The Labute approximate surface area is 251 Å². The monoisotopic (exact) mass is 582 g/mol. The Morgan fingerprint density at radius 3 is 2.48 bits per heavy atom. The van der Waals surface area contributed by atoms with Crippen LogP contribution in [-0.4, -0.2) is 30.6 Å². The summed E-state index contributed by atoms with van der Waals surface area (Å²) in [6, 6.07) is 20.8. The Morgan fingerprint density at radius 2 is 1.76 bits per heavy atom. The van der Waals surface area contributed by atoms with Crippen molar-refractivity contribution >= 4 is 51.7 Å². The molecule has 1 atom stereocenters. The van der Waals surface area contributed by atoms with Crippen LogP contribution in [0.5, 0.6) is 5.75 Å². The topological polar surface area (TPSA) is 77.5 Å². The summed E-state index contributed by atoms with van der Waals surface area (Å²) in [6.45, 7) is 8.07. The maximum absolute atomic E-state index is 13.8. The predicted molar refractivity (Wildman–Crippen MR) is 169 cm³/mol.